The summed E-state index contributed by atoms with van der Waals surface area (Å²) in [7, 11) is 0. The second-order valence-corrected chi connectivity index (χ2v) is 6.34. The van der Waals surface area contributed by atoms with Crippen molar-refractivity contribution in [1.82, 2.24) is 10.6 Å². The van der Waals surface area contributed by atoms with Gasteiger partial charge in [0.05, 0.1) is 6.54 Å². The van der Waals surface area contributed by atoms with Crippen molar-refractivity contribution < 1.29 is 9.53 Å². The Morgan fingerprint density at radius 2 is 2.05 bits per heavy atom. The van der Waals surface area contributed by atoms with Crippen molar-refractivity contribution in [3.05, 3.63) is 29.8 Å². The fourth-order valence-electron chi connectivity index (χ4n) is 1.76. The monoisotopic (exact) mass is 292 g/mol. The molecule has 0 saturated carbocycles. The third-order valence-corrected chi connectivity index (χ3v) is 3.35. The van der Waals surface area contributed by atoms with Crippen LogP contribution in [0.25, 0.3) is 0 Å². The molecule has 0 bridgehead atoms. The number of benzene rings is 1. The lowest BCUT2D eigenvalue weighted by Gasteiger charge is -2.19. The Morgan fingerprint density at radius 3 is 2.67 bits per heavy atom. The number of urea groups is 1. The molecule has 1 unspecified atom stereocenters. The average Bonchev–Trinajstić information content (AvgIpc) is 2.43. The summed E-state index contributed by atoms with van der Waals surface area (Å²) in [5.74, 6) is 0.839. The molecule has 118 valence electrons. The van der Waals surface area contributed by atoms with Crippen LogP contribution in [0.3, 0.4) is 0 Å². The number of amides is 2. The van der Waals surface area contributed by atoms with Crippen LogP contribution in [0.2, 0.25) is 0 Å². The van der Waals surface area contributed by atoms with Gasteiger partial charge in [0.15, 0.2) is 0 Å². The predicted octanol–water partition coefficient (Wildman–Crippen LogP) is 3.46. The zero-order valence-corrected chi connectivity index (χ0v) is 13.8. The highest BCUT2D eigenvalue weighted by Gasteiger charge is 2.13. The molecule has 1 aromatic rings. The zero-order valence-electron chi connectivity index (χ0n) is 13.8. The maximum atomic E-state index is 11.5. The molecule has 2 N–H and O–H groups in total. The van der Waals surface area contributed by atoms with Crippen LogP contribution in [0.5, 0.6) is 5.75 Å². The molecule has 0 heterocycles. The molecule has 1 rings (SSSR count). The van der Waals surface area contributed by atoms with E-state index in [2.05, 4.69) is 43.5 Å². The van der Waals surface area contributed by atoms with E-state index in [1.165, 1.54) is 5.56 Å². The van der Waals surface area contributed by atoms with Crippen LogP contribution in [-0.4, -0.2) is 25.2 Å². The first-order chi connectivity index (χ1) is 9.82. The summed E-state index contributed by atoms with van der Waals surface area (Å²) in [4.78, 5) is 11.5. The Morgan fingerprint density at radius 1 is 1.33 bits per heavy atom. The SMILES string of the molecule is CCC(C)NC(=O)NCCOc1cccc(C(C)(C)C)c1. The van der Waals surface area contributed by atoms with Crippen molar-refractivity contribution in [2.75, 3.05) is 13.2 Å². The van der Waals surface area contributed by atoms with Gasteiger partial charge in [-0.25, -0.2) is 4.79 Å². The molecule has 0 aliphatic carbocycles. The number of rotatable bonds is 6. The van der Waals surface area contributed by atoms with Gasteiger partial charge < -0.3 is 15.4 Å². The van der Waals surface area contributed by atoms with E-state index < -0.39 is 0 Å². The van der Waals surface area contributed by atoms with Gasteiger partial charge in [-0.15, -0.1) is 0 Å². The van der Waals surface area contributed by atoms with Crippen molar-refractivity contribution in [1.29, 1.82) is 0 Å². The van der Waals surface area contributed by atoms with Gasteiger partial charge in [0.2, 0.25) is 0 Å². The standard InChI is InChI=1S/C17H28N2O2/c1-6-13(2)19-16(20)18-10-11-21-15-9-7-8-14(12-15)17(3,4)5/h7-9,12-13H,6,10-11H2,1-5H3,(H2,18,19,20). The molecule has 0 fully saturated rings. The molecule has 4 heteroatoms. The molecule has 0 saturated heterocycles. The first-order valence-electron chi connectivity index (χ1n) is 7.60. The molecular weight excluding hydrogens is 264 g/mol. The molecular formula is C17H28N2O2. The van der Waals surface area contributed by atoms with Crippen LogP contribution in [0, 0.1) is 0 Å². The summed E-state index contributed by atoms with van der Waals surface area (Å²) in [6, 6.07) is 8.14. The van der Waals surface area contributed by atoms with E-state index in [9.17, 15) is 4.79 Å². The van der Waals surface area contributed by atoms with Crippen LogP contribution in [0.4, 0.5) is 4.79 Å². The first-order valence-corrected chi connectivity index (χ1v) is 7.60. The number of ether oxygens (including phenoxy) is 1. The second-order valence-electron chi connectivity index (χ2n) is 6.34. The summed E-state index contributed by atoms with van der Waals surface area (Å²) < 4.78 is 5.68. The van der Waals surface area contributed by atoms with Crippen molar-refractivity contribution in [3.63, 3.8) is 0 Å². The smallest absolute Gasteiger partial charge is 0.315 e. The van der Waals surface area contributed by atoms with E-state index in [1.807, 2.05) is 26.0 Å². The molecule has 1 atom stereocenters. The topological polar surface area (TPSA) is 50.4 Å². The highest BCUT2D eigenvalue weighted by atomic mass is 16.5. The quantitative estimate of drug-likeness (QED) is 0.789. The fraction of sp³-hybridized carbons (Fsp3) is 0.588. The van der Waals surface area contributed by atoms with Crippen LogP contribution >= 0.6 is 0 Å². The molecule has 4 nitrogen and oxygen atoms in total. The minimum atomic E-state index is -0.142. The molecule has 0 aliphatic heterocycles. The summed E-state index contributed by atoms with van der Waals surface area (Å²) >= 11 is 0. The van der Waals surface area contributed by atoms with E-state index in [0.29, 0.717) is 13.2 Å². The maximum absolute atomic E-state index is 11.5. The molecule has 0 aromatic heterocycles. The van der Waals surface area contributed by atoms with Gasteiger partial charge in [0.25, 0.3) is 0 Å². The van der Waals surface area contributed by atoms with Crippen molar-refractivity contribution in [3.8, 4) is 5.75 Å². The third kappa shape index (κ3) is 6.52. The van der Waals surface area contributed by atoms with Gasteiger partial charge >= 0.3 is 6.03 Å². The van der Waals surface area contributed by atoms with Gasteiger partial charge in [-0.3, -0.25) is 0 Å². The maximum Gasteiger partial charge on any atom is 0.315 e. The lowest BCUT2D eigenvalue weighted by molar-refractivity contribution is 0.233. The van der Waals surface area contributed by atoms with Crippen molar-refractivity contribution in [2.24, 2.45) is 0 Å². The number of hydrogen-bond acceptors (Lipinski definition) is 2. The molecule has 2 amide bonds. The van der Waals surface area contributed by atoms with Crippen LogP contribution in [0.1, 0.15) is 46.6 Å². The van der Waals surface area contributed by atoms with Gasteiger partial charge in [0, 0.05) is 6.04 Å². The minimum Gasteiger partial charge on any atom is -0.492 e. The van der Waals surface area contributed by atoms with Gasteiger partial charge in [-0.2, -0.15) is 0 Å². The van der Waals surface area contributed by atoms with Gasteiger partial charge in [0.1, 0.15) is 12.4 Å². The van der Waals surface area contributed by atoms with E-state index in [0.717, 1.165) is 12.2 Å². The molecule has 0 spiro atoms. The summed E-state index contributed by atoms with van der Waals surface area (Å²) in [6.45, 7) is 11.5. The lowest BCUT2D eigenvalue weighted by Crippen LogP contribution is -2.41. The lowest BCUT2D eigenvalue weighted by atomic mass is 9.87. The second kappa shape index (κ2) is 7.91. The number of carbonyl (C=O) groups is 1. The summed E-state index contributed by atoms with van der Waals surface area (Å²) in [5, 5.41) is 5.64. The van der Waals surface area contributed by atoms with E-state index >= 15 is 0 Å². The summed E-state index contributed by atoms with van der Waals surface area (Å²) in [6.07, 6.45) is 0.920. The van der Waals surface area contributed by atoms with E-state index in [-0.39, 0.29) is 17.5 Å². The average molecular weight is 292 g/mol. The van der Waals surface area contributed by atoms with Crippen molar-refractivity contribution in [2.45, 2.75) is 52.5 Å². The number of nitrogens with one attached hydrogen (secondary N) is 2. The number of hydrogen-bond donors (Lipinski definition) is 2. The largest absolute Gasteiger partial charge is 0.492 e. The highest BCUT2D eigenvalue weighted by Crippen LogP contribution is 2.25. The van der Waals surface area contributed by atoms with Crippen LogP contribution in [0.15, 0.2) is 24.3 Å². The molecule has 0 aliphatic rings. The first kappa shape index (κ1) is 17.3. The Bertz CT molecular complexity index is 452. The highest BCUT2D eigenvalue weighted by molar-refractivity contribution is 5.74. The fourth-order valence-corrected chi connectivity index (χ4v) is 1.76. The Balaban J connectivity index is 2.35. The Labute approximate surface area is 128 Å². The van der Waals surface area contributed by atoms with Gasteiger partial charge in [-0.05, 0) is 36.5 Å². The molecule has 0 radical (unpaired) electrons. The third-order valence-electron chi connectivity index (χ3n) is 3.35. The van der Waals surface area contributed by atoms with E-state index in [1.54, 1.807) is 0 Å². The number of carbonyl (C=O) groups excluding carboxylic acids is 1. The molecule has 21 heavy (non-hydrogen) atoms. The zero-order chi connectivity index (χ0) is 15.9. The molecule has 1 aromatic carbocycles. The van der Waals surface area contributed by atoms with Crippen LogP contribution < -0.4 is 15.4 Å². The van der Waals surface area contributed by atoms with E-state index in [4.69, 9.17) is 4.74 Å². The van der Waals surface area contributed by atoms with Gasteiger partial charge in [-0.1, -0.05) is 39.8 Å². The normalized spacial score (nSPS) is 12.6. The minimum absolute atomic E-state index is 0.105. The Kier molecular flexibility index (Phi) is 6.53. The summed E-state index contributed by atoms with van der Waals surface area (Å²) in [5.41, 5.74) is 1.34. The van der Waals surface area contributed by atoms with Crippen LogP contribution in [-0.2, 0) is 5.41 Å². The van der Waals surface area contributed by atoms with Crippen molar-refractivity contribution >= 4 is 6.03 Å². The predicted molar refractivity (Wildman–Crippen MR) is 86.9 cm³/mol. The Hall–Kier alpha value is -1.71.